The molecule has 2 heterocycles. The van der Waals surface area contributed by atoms with E-state index in [0.717, 1.165) is 38.5 Å². The lowest BCUT2D eigenvalue weighted by atomic mass is 9.82. The molecule has 44 heavy (non-hydrogen) atoms. The van der Waals surface area contributed by atoms with Gasteiger partial charge in [0.1, 0.15) is 16.7 Å². The molecule has 0 bridgehead atoms. The van der Waals surface area contributed by atoms with Crippen LogP contribution in [0.25, 0.3) is 98.3 Å². The zero-order chi connectivity index (χ0) is 28.8. The van der Waals surface area contributed by atoms with E-state index < -0.39 is 0 Å². The number of para-hydroxylation sites is 1. The number of fused-ring (bicyclic) bond motifs is 9. The fraction of sp³-hybridized carbons (Fsp3) is 0. The summed E-state index contributed by atoms with van der Waals surface area (Å²) in [5, 5.41) is 13.2. The van der Waals surface area contributed by atoms with Crippen molar-refractivity contribution >= 4 is 76.0 Å². The molecule has 0 aliphatic heterocycles. The third-order valence-electron chi connectivity index (χ3n) is 9.32. The van der Waals surface area contributed by atoms with Crippen LogP contribution in [0.3, 0.4) is 0 Å². The summed E-state index contributed by atoms with van der Waals surface area (Å²) in [6.07, 6.45) is 1.79. The Hall–Kier alpha value is -5.86. The van der Waals surface area contributed by atoms with Crippen molar-refractivity contribution < 1.29 is 8.83 Å². The molecule has 10 aromatic rings. The first kappa shape index (κ1) is 23.7. The van der Waals surface area contributed by atoms with Crippen LogP contribution in [0, 0.1) is 0 Å². The normalized spacial score (nSPS) is 12.1. The summed E-state index contributed by atoms with van der Waals surface area (Å²) in [6, 6.07) is 50.1. The van der Waals surface area contributed by atoms with E-state index in [4.69, 9.17) is 8.83 Å². The minimum absolute atomic E-state index is 0.823. The van der Waals surface area contributed by atoms with Crippen LogP contribution < -0.4 is 0 Å². The molecule has 0 atom stereocenters. The van der Waals surface area contributed by atoms with Crippen LogP contribution in [0.1, 0.15) is 0 Å². The number of furan rings is 2. The van der Waals surface area contributed by atoms with E-state index in [1.165, 1.54) is 59.8 Å². The van der Waals surface area contributed by atoms with Crippen molar-refractivity contribution in [3.8, 4) is 22.3 Å². The second kappa shape index (κ2) is 8.82. The summed E-state index contributed by atoms with van der Waals surface area (Å²) in [5.74, 6) is 0. The van der Waals surface area contributed by atoms with E-state index in [1.54, 1.807) is 6.26 Å². The van der Waals surface area contributed by atoms with Crippen LogP contribution in [-0.4, -0.2) is 0 Å². The highest BCUT2D eigenvalue weighted by molar-refractivity contribution is 6.31. The third kappa shape index (κ3) is 3.14. The van der Waals surface area contributed by atoms with Crippen molar-refractivity contribution in [2.45, 2.75) is 0 Å². The van der Waals surface area contributed by atoms with Crippen molar-refractivity contribution in [1.29, 1.82) is 0 Å². The van der Waals surface area contributed by atoms with Gasteiger partial charge in [-0.05, 0) is 78.0 Å². The maximum absolute atomic E-state index is 6.44. The highest BCUT2D eigenvalue weighted by atomic mass is 16.3. The molecule has 2 aromatic heterocycles. The van der Waals surface area contributed by atoms with Gasteiger partial charge in [-0.25, -0.2) is 0 Å². The minimum Gasteiger partial charge on any atom is -0.464 e. The van der Waals surface area contributed by atoms with Crippen LogP contribution in [0.4, 0.5) is 0 Å². The molecule has 0 spiro atoms. The van der Waals surface area contributed by atoms with Gasteiger partial charge in [0.2, 0.25) is 0 Å². The van der Waals surface area contributed by atoms with E-state index in [9.17, 15) is 0 Å². The van der Waals surface area contributed by atoms with Gasteiger partial charge in [0, 0.05) is 27.8 Å². The van der Waals surface area contributed by atoms with Crippen molar-refractivity contribution in [2.24, 2.45) is 0 Å². The van der Waals surface area contributed by atoms with Gasteiger partial charge in [0.05, 0.1) is 6.26 Å². The zero-order valence-corrected chi connectivity index (χ0v) is 23.7. The van der Waals surface area contributed by atoms with E-state index in [2.05, 4.69) is 121 Å². The smallest absolute Gasteiger partial charge is 0.139 e. The summed E-state index contributed by atoms with van der Waals surface area (Å²) in [7, 11) is 0. The predicted molar refractivity (Wildman–Crippen MR) is 184 cm³/mol. The molecule has 0 saturated carbocycles. The number of hydrogen-bond acceptors (Lipinski definition) is 2. The van der Waals surface area contributed by atoms with Gasteiger partial charge >= 0.3 is 0 Å². The highest BCUT2D eigenvalue weighted by Crippen LogP contribution is 2.50. The van der Waals surface area contributed by atoms with Gasteiger partial charge in [0.25, 0.3) is 0 Å². The Bertz CT molecular complexity index is 2720. The molecule has 0 saturated heterocycles. The molecule has 0 N–H and O–H groups in total. The Balaban J connectivity index is 1.45. The van der Waals surface area contributed by atoms with Gasteiger partial charge in [0.15, 0.2) is 0 Å². The molecule has 0 amide bonds. The lowest BCUT2D eigenvalue weighted by molar-refractivity contribution is 0.613. The monoisotopic (exact) mass is 560 g/mol. The second-order valence-corrected chi connectivity index (χ2v) is 11.6. The molecule has 10 rings (SSSR count). The molecule has 0 radical (unpaired) electrons. The van der Waals surface area contributed by atoms with E-state index in [0.29, 0.717) is 0 Å². The second-order valence-electron chi connectivity index (χ2n) is 11.6. The van der Waals surface area contributed by atoms with Gasteiger partial charge in [-0.15, -0.1) is 0 Å². The Morgan fingerprint density at radius 1 is 0.341 bits per heavy atom. The Kier molecular flexibility index (Phi) is 4.75. The molecule has 0 aliphatic carbocycles. The van der Waals surface area contributed by atoms with Gasteiger partial charge < -0.3 is 8.83 Å². The number of benzene rings is 8. The number of hydrogen-bond donors (Lipinski definition) is 0. The zero-order valence-electron chi connectivity index (χ0n) is 23.7. The van der Waals surface area contributed by atoms with E-state index in [1.807, 2.05) is 18.2 Å². The summed E-state index contributed by atoms with van der Waals surface area (Å²) >= 11 is 0. The minimum atomic E-state index is 0.823. The number of rotatable bonds is 2. The van der Waals surface area contributed by atoms with Crippen molar-refractivity contribution in [2.75, 3.05) is 0 Å². The van der Waals surface area contributed by atoms with E-state index >= 15 is 0 Å². The molecule has 2 heteroatoms. The largest absolute Gasteiger partial charge is 0.464 e. The summed E-state index contributed by atoms with van der Waals surface area (Å²) < 4.78 is 12.5. The molecule has 0 unspecified atom stereocenters. The lowest BCUT2D eigenvalue weighted by Crippen LogP contribution is -1.93. The molecule has 2 nitrogen and oxygen atoms in total. The van der Waals surface area contributed by atoms with Gasteiger partial charge in [-0.1, -0.05) is 115 Å². The average molecular weight is 561 g/mol. The van der Waals surface area contributed by atoms with Crippen LogP contribution in [0.15, 0.2) is 155 Å². The van der Waals surface area contributed by atoms with Crippen LogP contribution in [0.5, 0.6) is 0 Å². The van der Waals surface area contributed by atoms with Crippen molar-refractivity contribution in [3.63, 3.8) is 0 Å². The average Bonchev–Trinajstić information content (AvgIpc) is 3.70. The first-order valence-corrected chi connectivity index (χ1v) is 15.0. The lowest BCUT2D eigenvalue weighted by Gasteiger charge is -2.20. The van der Waals surface area contributed by atoms with Gasteiger partial charge in [-0.2, -0.15) is 0 Å². The van der Waals surface area contributed by atoms with Crippen molar-refractivity contribution in [1.82, 2.24) is 0 Å². The molecular weight excluding hydrogens is 536 g/mol. The molecule has 8 aromatic carbocycles. The fourth-order valence-electron chi connectivity index (χ4n) is 7.53. The topological polar surface area (TPSA) is 26.3 Å². The molecule has 0 fully saturated rings. The predicted octanol–water partition coefficient (Wildman–Crippen LogP) is 12.3. The van der Waals surface area contributed by atoms with Crippen LogP contribution in [0.2, 0.25) is 0 Å². The first-order valence-electron chi connectivity index (χ1n) is 15.0. The van der Waals surface area contributed by atoms with Gasteiger partial charge in [-0.3, -0.25) is 0 Å². The van der Waals surface area contributed by atoms with Crippen molar-refractivity contribution in [3.05, 3.63) is 146 Å². The Morgan fingerprint density at radius 2 is 0.909 bits per heavy atom. The third-order valence-corrected chi connectivity index (χ3v) is 9.32. The Labute approximate surface area is 252 Å². The summed E-state index contributed by atoms with van der Waals surface area (Å²) in [4.78, 5) is 0. The SMILES string of the molecule is c1ccc2c(c1)cc(-c1c3ccccc3c(-c3c4ccoc4cc4oc5ccccc5c34)c3ccccc13)c1ccccc12. The maximum Gasteiger partial charge on any atom is 0.139 e. The quantitative estimate of drug-likeness (QED) is 0.155. The molecule has 204 valence electrons. The molecular formula is C42H24O2. The standard InChI is InChI=1S/C42H24O2/c1-2-12-26-25(11-1)23-35(28-14-4-3-13-27(26)28)39-29-15-5-7-17-31(29)40(32-18-8-6-16-30(32)39)42-34-21-22-43-37(34)24-38-41(42)33-19-9-10-20-36(33)44-38/h1-24H. The molecule has 0 aliphatic rings. The Morgan fingerprint density at radius 3 is 1.64 bits per heavy atom. The van der Waals surface area contributed by atoms with E-state index in [-0.39, 0.29) is 0 Å². The van der Waals surface area contributed by atoms with Crippen LogP contribution >= 0.6 is 0 Å². The van der Waals surface area contributed by atoms with Crippen LogP contribution in [-0.2, 0) is 0 Å². The first-order chi connectivity index (χ1) is 21.8. The maximum atomic E-state index is 6.44. The fourth-order valence-corrected chi connectivity index (χ4v) is 7.53. The summed E-state index contributed by atoms with van der Waals surface area (Å²) in [5.41, 5.74) is 7.40. The summed E-state index contributed by atoms with van der Waals surface area (Å²) in [6.45, 7) is 0. The highest BCUT2D eigenvalue weighted by Gasteiger charge is 2.24.